The minimum absolute atomic E-state index is 0. The third-order valence-corrected chi connectivity index (χ3v) is 1.10. The molecule has 0 aliphatic rings. The van der Waals surface area contributed by atoms with Crippen molar-refractivity contribution >= 4 is 5.97 Å². The Morgan fingerprint density at radius 1 is 1.70 bits per heavy atom. The van der Waals surface area contributed by atoms with Crippen LogP contribution >= 0.6 is 0 Å². The van der Waals surface area contributed by atoms with Gasteiger partial charge in [0, 0.05) is 0 Å². The van der Waals surface area contributed by atoms with E-state index < -0.39 is 12.1 Å². The van der Waals surface area contributed by atoms with E-state index in [0.29, 0.717) is 6.42 Å². The van der Waals surface area contributed by atoms with E-state index >= 15 is 0 Å². The quantitative estimate of drug-likeness (QED) is 0.568. The number of hydrogen-bond acceptors (Lipinski definition) is 3. The van der Waals surface area contributed by atoms with Gasteiger partial charge in [-0.1, -0.05) is 19.8 Å². The summed E-state index contributed by atoms with van der Waals surface area (Å²) in [5.74, 6) is -1.37. The molecular formula is C6H11CsO3. The maximum atomic E-state index is 9.84. The van der Waals surface area contributed by atoms with Gasteiger partial charge in [0.1, 0.15) is 0 Å². The molecule has 0 fully saturated rings. The summed E-state index contributed by atoms with van der Waals surface area (Å²) in [6.07, 6.45) is 0.656. The van der Waals surface area contributed by atoms with Gasteiger partial charge in [-0.2, -0.15) is 0 Å². The number of carbonyl (C=O) groups is 1. The Hall–Kier alpha value is 1.48. The van der Waals surface area contributed by atoms with Crippen molar-refractivity contribution in [3.63, 3.8) is 0 Å². The van der Waals surface area contributed by atoms with Crippen LogP contribution in [0.1, 0.15) is 26.2 Å². The number of aliphatic hydroxyl groups is 1. The first-order valence-corrected chi connectivity index (χ1v) is 3.07. The molecule has 0 rings (SSSR count). The zero-order valence-corrected chi connectivity index (χ0v) is 12.7. The van der Waals surface area contributed by atoms with Crippen LogP contribution in [0.25, 0.3) is 0 Å². The summed E-state index contributed by atoms with van der Waals surface area (Å²) in [4.78, 5) is 9.84. The van der Waals surface area contributed by atoms with Gasteiger partial charge in [-0.15, -0.1) is 0 Å². The molecule has 0 saturated heterocycles. The molecule has 1 N–H and O–H groups in total. The van der Waals surface area contributed by atoms with E-state index in [2.05, 4.69) is 0 Å². The molecule has 54 valence electrons. The number of aliphatic hydroxyl groups excluding tert-OH is 1. The minimum atomic E-state index is -1.37. The van der Waals surface area contributed by atoms with Crippen LogP contribution in [-0.4, -0.2) is 17.2 Å². The van der Waals surface area contributed by atoms with Crippen molar-refractivity contribution in [2.45, 2.75) is 32.3 Å². The predicted molar refractivity (Wildman–Crippen MR) is 30.5 cm³/mol. The second-order valence-electron chi connectivity index (χ2n) is 1.98. The van der Waals surface area contributed by atoms with Crippen LogP contribution in [0.15, 0.2) is 0 Å². The fourth-order valence-corrected chi connectivity index (χ4v) is 0.515. The van der Waals surface area contributed by atoms with Crippen molar-refractivity contribution in [3.8, 4) is 0 Å². The van der Waals surface area contributed by atoms with E-state index in [-0.39, 0.29) is 68.9 Å². The number of carboxylic acid groups (broad SMARTS) is 1. The van der Waals surface area contributed by atoms with E-state index in [4.69, 9.17) is 5.11 Å². The standard InChI is InChI=1S/C6H12O3.Cs/c1-2-3-4-5(7)6(8)9;/h5,7H,2-4H2,1H3,(H,8,9);/q;+1/p-1. The third-order valence-electron chi connectivity index (χ3n) is 1.10. The largest absolute Gasteiger partial charge is 1.00 e. The molecule has 0 spiro atoms. The topological polar surface area (TPSA) is 60.4 Å². The van der Waals surface area contributed by atoms with Gasteiger partial charge in [0.15, 0.2) is 0 Å². The Morgan fingerprint density at radius 2 is 2.20 bits per heavy atom. The van der Waals surface area contributed by atoms with Crippen molar-refractivity contribution in [2.75, 3.05) is 0 Å². The van der Waals surface area contributed by atoms with E-state index in [0.717, 1.165) is 12.8 Å². The summed E-state index contributed by atoms with van der Waals surface area (Å²) < 4.78 is 0. The molecular weight excluding hydrogens is 253 g/mol. The van der Waals surface area contributed by atoms with Crippen LogP contribution < -0.4 is 74.0 Å². The van der Waals surface area contributed by atoms with Gasteiger partial charge in [0.2, 0.25) is 0 Å². The third kappa shape index (κ3) is 7.59. The number of hydrogen-bond donors (Lipinski definition) is 1. The molecule has 0 amide bonds. The molecule has 10 heavy (non-hydrogen) atoms. The van der Waals surface area contributed by atoms with Crippen LogP contribution in [0.4, 0.5) is 0 Å². The monoisotopic (exact) mass is 264 g/mol. The number of unbranched alkanes of at least 4 members (excludes halogenated alkanes) is 1. The summed E-state index contributed by atoms with van der Waals surface area (Å²) in [7, 11) is 0. The van der Waals surface area contributed by atoms with Crippen LogP contribution in [-0.2, 0) is 4.79 Å². The molecule has 0 aliphatic carbocycles. The smallest absolute Gasteiger partial charge is 0.547 e. The first kappa shape index (κ1) is 14.0. The van der Waals surface area contributed by atoms with E-state index in [1.807, 2.05) is 6.92 Å². The SMILES string of the molecule is CCCCC(O)C(=O)[O-].[Cs+]. The molecule has 0 aromatic heterocycles. The Kier molecular flexibility index (Phi) is 12.0. The summed E-state index contributed by atoms with van der Waals surface area (Å²) in [6.45, 7) is 1.93. The first-order valence-electron chi connectivity index (χ1n) is 3.07. The number of rotatable bonds is 4. The number of carbonyl (C=O) groups excluding carboxylic acids is 1. The van der Waals surface area contributed by atoms with Crippen molar-refractivity contribution in [3.05, 3.63) is 0 Å². The summed E-state index contributed by atoms with van der Waals surface area (Å²) in [5, 5.41) is 18.4. The van der Waals surface area contributed by atoms with Crippen molar-refractivity contribution in [2.24, 2.45) is 0 Å². The normalized spacial score (nSPS) is 11.8. The Labute approximate surface area is 120 Å². The maximum Gasteiger partial charge on any atom is 1.00 e. The zero-order valence-electron chi connectivity index (χ0n) is 6.46. The molecule has 0 aromatic rings. The summed E-state index contributed by atoms with van der Waals surface area (Å²) >= 11 is 0. The predicted octanol–water partition coefficient (Wildman–Crippen LogP) is -3.71. The number of aliphatic carboxylic acids is 1. The van der Waals surface area contributed by atoms with E-state index in [9.17, 15) is 9.90 Å². The molecule has 1 atom stereocenters. The van der Waals surface area contributed by atoms with Crippen molar-refractivity contribution in [1.82, 2.24) is 0 Å². The molecule has 1 unspecified atom stereocenters. The fourth-order valence-electron chi connectivity index (χ4n) is 0.515. The molecule has 0 aliphatic heterocycles. The molecule has 0 saturated carbocycles. The average molecular weight is 264 g/mol. The Morgan fingerprint density at radius 3 is 2.50 bits per heavy atom. The van der Waals surface area contributed by atoms with E-state index in [1.54, 1.807) is 0 Å². The fraction of sp³-hybridized carbons (Fsp3) is 0.833. The second-order valence-corrected chi connectivity index (χ2v) is 1.98. The molecule has 0 aromatic carbocycles. The van der Waals surface area contributed by atoms with Gasteiger partial charge in [0.05, 0.1) is 12.1 Å². The second kappa shape index (κ2) is 8.58. The molecule has 0 bridgehead atoms. The van der Waals surface area contributed by atoms with Gasteiger partial charge in [-0.25, -0.2) is 0 Å². The van der Waals surface area contributed by atoms with Gasteiger partial charge in [-0.05, 0) is 6.42 Å². The molecule has 4 heteroatoms. The summed E-state index contributed by atoms with van der Waals surface area (Å²) in [5.41, 5.74) is 0. The average Bonchev–Trinajstić information content (AvgIpc) is 1.82. The van der Waals surface area contributed by atoms with Gasteiger partial charge in [-0.3, -0.25) is 0 Å². The van der Waals surface area contributed by atoms with Crippen molar-refractivity contribution in [1.29, 1.82) is 0 Å². The Bertz CT molecular complexity index is 95.0. The van der Waals surface area contributed by atoms with Crippen LogP contribution in [0.5, 0.6) is 0 Å². The van der Waals surface area contributed by atoms with Crippen molar-refractivity contribution < 1.29 is 83.9 Å². The first-order chi connectivity index (χ1) is 4.18. The van der Waals surface area contributed by atoms with Gasteiger partial charge >= 0.3 is 68.9 Å². The molecule has 0 radical (unpaired) electrons. The maximum absolute atomic E-state index is 9.84. The molecule has 0 heterocycles. The molecule has 3 nitrogen and oxygen atoms in total. The Balaban J connectivity index is 0. The van der Waals surface area contributed by atoms with Crippen LogP contribution in [0, 0.1) is 0 Å². The van der Waals surface area contributed by atoms with Gasteiger partial charge < -0.3 is 15.0 Å². The van der Waals surface area contributed by atoms with Crippen LogP contribution in [0.3, 0.4) is 0 Å². The minimum Gasteiger partial charge on any atom is -0.547 e. The summed E-state index contributed by atoms with van der Waals surface area (Å²) in [6, 6.07) is 0. The number of carboxylic acids is 1. The zero-order chi connectivity index (χ0) is 7.28. The van der Waals surface area contributed by atoms with Crippen LogP contribution in [0.2, 0.25) is 0 Å². The van der Waals surface area contributed by atoms with E-state index in [1.165, 1.54) is 0 Å². The van der Waals surface area contributed by atoms with Gasteiger partial charge in [0.25, 0.3) is 0 Å².